The molecule has 0 rings (SSSR count). The fourth-order valence-corrected chi connectivity index (χ4v) is 1.20. The van der Waals surface area contributed by atoms with Crippen LogP contribution in [0.1, 0.15) is 13.8 Å². The first-order chi connectivity index (χ1) is 7.10. The van der Waals surface area contributed by atoms with Crippen molar-refractivity contribution < 1.29 is 28.0 Å². The summed E-state index contributed by atoms with van der Waals surface area (Å²) in [5.41, 5.74) is -1.01. The zero-order valence-electron chi connectivity index (χ0n) is 9.88. The molecule has 0 aliphatic rings. The van der Waals surface area contributed by atoms with E-state index >= 15 is 0 Å². The minimum Gasteiger partial charge on any atom is -0.396 e. The molecule has 0 saturated heterocycles. The minimum absolute atomic E-state index is 0. The van der Waals surface area contributed by atoms with Crippen molar-refractivity contribution in [2.75, 3.05) is 18.9 Å². The Labute approximate surface area is 130 Å². The van der Waals surface area contributed by atoms with Crippen molar-refractivity contribution in [1.29, 1.82) is 0 Å². The van der Waals surface area contributed by atoms with Crippen molar-refractivity contribution in [3.05, 3.63) is 0 Å². The second-order valence-electron chi connectivity index (χ2n) is 4.13. The van der Waals surface area contributed by atoms with Gasteiger partial charge in [-0.15, -0.1) is 0 Å². The van der Waals surface area contributed by atoms with Crippen LogP contribution in [0.25, 0.3) is 0 Å². The van der Waals surface area contributed by atoms with Crippen LogP contribution in [-0.4, -0.2) is 91.8 Å². The topological polar surface area (TPSA) is 124 Å². The van der Waals surface area contributed by atoms with Gasteiger partial charge in [-0.2, -0.15) is 8.42 Å². The summed E-state index contributed by atoms with van der Waals surface area (Å²) in [4.78, 5) is 11.3. The largest absolute Gasteiger partial charge is 0.396 e. The van der Waals surface area contributed by atoms with Crippen LogP contribution in [0.15, 0.2) is 0 Å². The second-order valence-corrected chi connectivity index (χ2v) is 5.70. The molecule has 0 aliphatic carbocycles. The molecule has 0 spiro atoms. The maximum atomic E-state index is 11.3. The first-order valence-electron chi connectivity index (χ1n) is 4.62. The predicted octanol–water partition coefficient (Wildman–Crippen LogP) is -2.01. The molecule has 2 radical (unpaired) electrons. The molecule has 4 N–H and O–H groups in total. The van der Waals surface area contributed by atoms with Crippen LogP contribution in [0, 0.1) is 5.41 Å². The van der Waals surface area contributed by atoms with Crippen molar-refractivity contribution >= 4 is 53.8 Å². The summed E-state index contributed by atoms with van der Waals surface area (Å²) >= 11 is 0. The van der Waals surface area contributed by atoms with Gasteiger partial charge in [0.1, 0.15) is 6.10 Å². The fraction of sp³-hybridized carbons (Fsp3) is 0.875. The Morgan fingerprint density at radius 3 is 2.24 bits per heavy atom. The van der Waals surface area contributed by atoms with Gasteiger partial charge in [0, 0.05) is 49.7 Å². The SMILES string of the molecule is CC(C)(CO)[C@@H](O)C(=O)NCCS(=O)(=O)O.[Ca]. The van der Waals surface area contributed by atoms with Gasteiger partial charge in [-0.25, -0.2) is 0 Å². The molecular formula is C8H17CaNO6S. The molecule has 7 nitrogen and oxygen atoms in total. The number of aliphatic hydroxyl groups excluding tert-OH is 2. The summed E-state index contributed by atoms with van der Waals surface area (Å²) in [6.07, 6.45) is -1.45. The molecule has 17 heavy (non-hydrogen) atoms. The van der Waals surface area contributed by atoms with Crippen LogP contribution in [0.4, 0.5) is 0 Å². The van der Waals surface area contributed by atoms with Gasteiger partial charge in [0.2, 0.25) is 5.91 Å². The summed E-state index contributed by atoms with van der Waals surface area (Å²) in [6.45, 7) is 2.29. The van der Waals surface area contributed by atoms with Crippen LogP contribution in [0.5, 0.6) is 0 Å². The summed E-state index contributed by atoms with van der Waals surface area (Å²) < 4.78 is 29.1. The van der Waals surface area contributed by atoms with Gasteiger partial charge in [0.25, 0.3) is 10.1 Å². The third-order valence-electron chi connectivity index (χ3n) is 2.06. The number of hydrogen-bond donors (Lipinski definition) is 4. The first-order valence-corrected chi connectivity index (χ1v) is 6.23. The molecule has 0 bridgehead atoms. The maximum absolute atomic E-state index is 11.3. The molecular weight excluding hydrogens is 278 g/mol. The van der Waals surface area contributed by atoms with E-state index in [0.29, 0.717) is 0 Å². The van der Waals surface area contributed by atoms with Gasteiger partial charge in [0.05, 0.1) is 12.4 Å². The molecule has 98 valence electrons. The number of amides is 1. The standard InChI is InChI=1S/C8H17NO6S.Ca/c1-8(2,5-10)6(11)7(12)9-3-4-16(13,14)15;/h6,10-11H,3-5H2,1-2H3,(H,9,12)(H,13,14,15);/t6-;/m0./s1. The van der Waals surface area contributed by atoms with E-state index in [4.69, 9.17) is 9.66 Å². The smallest absolute Gasteiger partial charge is 0.266 e. The zero-order valence-corrected chi connectivity index (χ0v) is 12.9. The minimum atomic E-state index is -4.13. The van der Waals surface area contributed by atoms with Crippen molar-refractivity contribution in [3.8, 4) is 0 Å². The van der Waals surface area contributed by atoms with Gasteiger partial charge >= 0.3 is 0 Å². The number of nitrogens with one attached hydrogen (secondary N) is 1. The van der Waals surface area contributed by atoms with Crippen LogP contribution < -0.4 is 5.32 Å². The van der Waals surface area contributed by atoms with E-state index in [2.05, 4.69) is 5.32 Å². The van der Waals surface area contributed by atoms with Crippen LogP contribution in [0.3, 0.4) is 0 Å². The number of rotatable bonds is 6. The molecule has 0 aromatic carbocycles. The molecule has 1 atom stereocenters. The van der Waals surface area contributed by atoms with Gasteiger partial charge in [-0.05, 0) is 0 Å². The Hall–Kier alpha value is 0.560. The van der Waals surface area contributed by atoms with E-state index in [0.717, 1.165) is 0 Å². The Morgan fingerprint density at radius 2 is 1.88 bits per heavy atom. The molecule has 0 saturated carbocycles. The van der Waals surface area contributed by atoms with E-state index in [-0.39, 0.29) is 50.9 Å². The molecule has 0 fully saturated rings. The third-order valence-corrected chi connectivity index (χ3v) is 2.78. The molecule has 9 heteroatoms. The second kappa shape index (κ2) is 7.88. The predicted molar refractivity (Wildman–Crippen MR) is 62.1 cm³/mol. The summed E-state index contributed by atoms with van der Waals surface area (Å²) in [5.74, 6) is -1.41. The van der Waals surface area contributed by atoms with Crippen molar-refractivity contribution in [2.45, 2.75) is 20.0 Å². The molecule has 0 aliphatic heterocycles. The Balaban J connectivity index is 0. The quantitative estimate of drug-likeness (QED) is 0.331. The third kappa shape index (κ3) is 8.30. The Morgan fingerprint density at radius 1 is 1.41 bits per heavy atom. The van der Waals surface area contributed by atoms with Crippen LogP contribution in [-0.2, 0) is 14.9 Å². The van der Waals surface area contributed by atoms with Gasteiger partial charge in [-0.3, -0.25) is 9.35 Å². The number of carbonyl (C=O) groups is 1. The summed E-state index contributed by atoms with van der Waals surface area (Å²) in [5, 5.41) is 20.5. The van der Waals surface area contributed by atoms with E-state index in [1.54, 1.807) is 0 Å². The zero-order chi connectivity index (χ0) is 13.0. The summed E-state index contributed by atoms with van der Waals surface area (Å²) in [7, 11) is -4.13. The fourth-order valence-electron chi connectivity index (χ4n) is 0.841. The van der Waals surface area contributed by atoms with Crippen molar-refractivity contribution in [1.82, 2.24) is 5.32 Å². The molecule has 0 aromatic rings. The Kier molecular flexibility index (Phi) is 9.22. The molecule has 0 unspecified atom stereocenters. The monoisotopic (exact) mass is 295 g/mol. The molecule has 1 amide bonds. The normalized spacial score (nSPS) is 13.7. The molecule has 0 aromatic heterocycles. The van der Waals surface area contributed by atoms with E-state index in [1.807, 2.05) is 0 Å². The van der Waals surface area contributed by atoms with Gasteiger partial charge < -0.3 is 15.5 Å². The van der Waals surface area contributed by atoms with Crippen LogP contribution >= 0.6 is 0 Å². The average molecular weight is 295 g/mol. The van der Waals surface area contributed by atoms with Gasteiger partial charge in [0.15, 0.2) is 0 Å². The summed E-state index contributed by atoms with van der Waals surface area (Å²) in [6, 6.07) is 0. The van der Waals surface area contributed by atoms with E-state index in [9.17, 15) is 18.3 Å². The first kappa shape index (κ1) is 19.9. The number of carbonyl (C=O) groups excluding carboxylic acids is 1. The number of hydrogen-bond acceptors (Lipinski definition) is 5. The molecule has 0 heterocycles. The average Bonchev–Trinajstić information content (AvgIpc) is 2.14. The maximum Gasteiger partial charge on any atom is 0.266 e. The van der Waals surface area contributed by atoms with Crippen molar-refractivity contribution in [2.24, 2.45) is 5.41 Å². The van der Waals surface area contributed by atoms with E-state index in [1.165, 1.54) is 13.8 Å². The van der Waals surface area contributed by atoms with Crippen LogP contribution in [0.2, 0.25) is 0 Å². The van der Waals surface area contributed by atoms with Crippen molar-refractivity contribution in [3.63, 3.8) is 0 Å². The number of aliphatic hydroxyl groups is 2. The van der Waals surface area contributed by atoms with E-state index < -0.39 is 33.3 Å². The Bertz CT molecular complexity index is 342. The van der Waals surface area contributed by atoms with Gasteiger partial charge in [-0.1, -0.05) is 13.8 Å².